The van der Waals surface area contributed by atoms with Crippen LogP contribution in [0.2, 0.25) is 0 Å². The number of rotatable bonds is 2. The molecule has 1 aliphatic heterocycles. The summed E-state index contributed by atoms with van der Waals surface area (Å²) >= 11 is 3.43. The Labute approximate surface area is 97.6 Å². The first kappa shape index (κ1) is 10.5. The Morgan fingerprint density at radius 2 is 2.40 bits per heavy atom. The van der Waals surface area contributed by atoms with Gasteiger partial charge in [-0.05, 0) is 24.6 Å². The molecule has 0 bridgehead atoms. The van der Waals surface area contributed by atoms with Crippen LogP contribution in [0.5, 0.6) is 0 Å². The summed E-state index contributed by atoms with van der Waals surface area (Å²) in [5, 5.41) is 2.96. The van der Waals surface area contributed by atoms with Crippen LogP contribution in [0.3, 0.4) is 0 Å². The third kappa shape index (κ3) is 2.15. The second-order valence-corrected chi connectivity index (χ2v) is 4.51. The summed E-state index contributed by atoms with van der Waals surface area (Å²) in [5.41, 5.74) is 1.15. The third-order valence-electron chi connectivity index (χ3n) is 2.62. The van der Waals surface area contributed by atoms with E-state index in [-0.39, 0.29) is 12.1 Å². The Morgan fingerprint density at radius 1 is 1.60 bits per heavy atom. The van der Waals surface area contributed by atoms with Crippen molar-refractivity contribution in [3.05, 3.63) is 34.3 Å². The minimum absolute atomic E-state index is 0.0301. The van der Waals surface area contributed by atoms with Gasteiger partial charge in [-0.25, -0.2) is 4.79 Å². The Morgan fingerprint density at radius 3 is 3.00 bits per heavy atom. The van der Waals surface area contributed by atoms with Crippen molar-refractivity contribution in [3.8, 4) is 0 Å². The Kier molecular flexibility index (Phi) is 2.95. The van der Waals surface area contributed by atoms with Gasteiger partial charge in [0, 0.05) is 17.6 Å². The highest BCUT2D eigenvalue weighted by Crippen LogP contribution is 2.22. The third-order valence-corrected chi connectivity index (χ3v) is 3.11. The van der Waals surface area contributed by atoms with E-state index in [1.807, 2.05) is 36.1 Å². The lowest BCUT2D eigenvalue weighted by Gasteiger charge is -2.11. The number of nitrogens with zero attached hydrogens (tertiary/aromatic N) is 1. The largest absolute Gasteiger partial charge is 0.329 e. The zero-order valence-corrected chi connectivity index (χ0v) is 10.1. The minimum Gasteiger partial charge on any atom is -0.329 e. The standard InChI is InChI=1S/C11H13BrN2O/c1-2-14-7-10(13-11(14)15)8-4-3-5-9(12)6-8/h3-6,10H,2,7H2,1H3,(H,13,15). The molecule has 1 heterocycles. The minimum atomic E-state index is 0.0301. The number of hydrogen-bond donors (Lipinski definition) is 1. The molecule has 4 heteroatoms. The molecular weight excluding hydrogens is 256 g/mol. The molecule has 0 aliphatic carbocycles. The van der Waals surface area contributed by atoms with Crippen LogP contribution in [0.25, 0.3) is 0 Å². The summed E-state index contributed by atoms with van der Waals surface area (Å²) in [7, 11) is 0. The summed E-state index contributed by atoms with van der Waals surface area (Å²) in [6, 6.07) is 8.20. The molecule has 2 amide bonds. The van der Waals surface area contributed by atoms with Gasteiger partial charge in [0.15, 0.2) is 0 Å². The van der Waals surface area contributed by atoms with Crippen LogP contribution < -0.4 is 5.32 Å². The fourth-order valence-corrected chi connectivity index (χ4v) is 2.19. The van der Waals surface area contributed by atoms with Crippen LogP contribution in [0.15, 0.2) is 28.7 Å². The summed E-state index contributed by atoms with van der Waals surface area (Å²) in [6.07, 6.45) is 0. The van der Waals surface area contributed by atoms with Gasteiger partial charge in [-0.2, -0.15) is 0 Å². The van der Waals surface area contributed by atoms with Crippen molar-refractivity contribution in [2.75, 3.05) is 13.1 Å². The highest BCUT2D eigenvalue weighted by atomic mass is 79.9. The molecule has 80 valence electrons. The molecule has 0 saturated carbocycles. The zero-order valence-electron chi connectivity index (χ0n) is 8.53. The highest BCUT2D eigenvalue weighted by Gasteiger charge is 2.28. The molecule has 1 saturated heterocycles. The number of amides is 2. The maximum atomic E-state index is 11.5. The summed E-state index contributed by atoms with van der Waals surface area (Å²) in [5.74, 6) is 0. The van der Waals surface area contributed by atoms with E-state index in [4.69, 9.17) is 0 Å². The Bertz CT molecular complexity index is 381. The van der Waals surface area contributed by atoms with E-state index in [1.54, 1.807) is 0 Å². The first-order valence-corrected chi connectivity index (χ1v) is 5.81. The molecule has 1 unspecified atom stereocenters. The van der Waals surface area contributed by atoms with Crippen molar-refractivity contribution in [2.24, 2.45) is 0 Å². The molecule has 0 radical (unpaired) electrons. The molecule has 1 N–H and O–H groups in total. The molecule has 1 fully saturated rings. The van der Waals surface area contributed by atoms with E-state index in [2.05, 4.69) is 21.2 Å². The maximum Gasteiger partial charge on any atom is 0.318 e. The van der Waals surface area contributed by atoms with Crippen molar-refractivity contribution < 1.29 is 4.79 Å². The maximum absolute atomic E-state index is 11.5. The van der Waals surface area contributed by atoms with Crippen LogP contribution >= 0.6 is 15.9 Å². The first-order chi connectivity index (χ1) is 7.20. The van der Waals surface area contributed by atoms with Gasteiger partial charge in [-0.15, -0.1) is 0 Å². The molecule has 3 nitrogen and oxygen atoms in total. The van der Waals surface area contributed by atoms with E-state index >= 15 is 0 Å². The van der Waals surface area contributed by atoms with Gasteiger partial charge < -0.3 is 10.2 Å². The van der Waals surface area contributed by atoms with Gasteiger partial charge in [0.05, 0.1) is 6.04 Å². The lowest BCUT2D eigenvalue weighted by Crippen LogP contribution is -2.27. The number of urea groups is 1. The molecular formula is C11H13BrN2O. The number of halogens is 1. The monoisotopic (exact) mass is 268 g/mol. The second kappa shape index (κ2) is 4.23. The van der Waals surface area contributed by atoms with E-state index in [1.165, 1.54) is 0 Å². The average molecular weight is 269 g/mol. The molecule has 1 aliphatic rings. The highest BCUT2D eigenvalue weighted by molar-refractivity contribution is 9.10. The average Bonchev–Trinajstić information content (AvgIpc) is 2.60. The quantitative estimate of drug-likeness (QED) is 0.879. The van der Waals surface area contributed by atoms with E-state index in [9.17, 15) is 4.79 Å². The Hall–Kier alpha value is -1.03. The summed E-state index contributed by atoms with van der Waals surface area (Å²) in [4.78, 5) is 13.3. The van der Waals surface area contributed by atoms with E-state index in [0.717, 1.165) is 23.1 Å². The van der Waals surface area contributed by atoms with Gasteiger partial charge in [-0.1, -0.05) is 28.1 Å². The van der Waals surface area contributed by atoms with Crippen LogP contribution in [0.4, 0.5) is 4.79 Å². The van der Waals surface area contributed by atoms with Gasteiger partial charge >= 0.3 is 6.03 Å². The number of carbonyl (C=O) groups is 1. The van der Waals surface area contributed by atoms with Crippen molar-refractivity contribution >= 4 is 22.0 Å². The molecule has 1 atom stereocenters. The fraction of sp³-hybridized carbons (Fsp3) is 0.364. The lowest BCUT2D eigenvalue weighted by atomic mass is 10.1. The number of nitrogens with one attached hydrogen (secondary N) is 1. The van der Waals surface area contributed by atoms with Gasteiger partial charge in [-0.3, -0.25) is 0 Å². The predicted octanol–water partition coefficient (Wildman–Crippen LogP) is 2.54. The van der Waals surface area contributed by atoms with E-state index in [0.29, 0.717) is 0 Å². The molecule has 0 spiro atoms. The molecule has 15 heavy (non-hydrogen) atoms. The van der Waals surface area contributed by atoms with Crippen molar-refractivity contribution in [2.45, 2.75) is 13.0 Å². The zero-order chi connectivity index (χ0) is 10.8. The second-order valence-electron chi connectivity index (χ2n) is 3.60. The predicted molar refractivity (Wildman–Crippen MR) is 62.7 cm³/mol. The van der Waals surface area contributed by atoms with E-state index < -0.39 is 0 Å². The lowest BCUT2D eigenvalue weighted by molar-refractivity contribution is 0.219. The summed E-state index contributed by atoms with van der Waals surface area (Å²) in [6.45, 7) is 3.50. The molecule has 2 rings (SSSR count). The molecule has 0 aromatic heterocycles. The normalized spacial score (nSPS) is 20.5. The van der Waals surface area contributed by atoms with Gasteiger partial charge in [0.25, 0.3) is 0 Å². The smallest absolute Gasteiger partial charge is 0.318 e. The number of likely N-dealkylation sites (N-methyl/N-ethyl adjacent to an activating group) is 1. The number of hydrogen-bond acceptors (Lipinski definition) is 1. The number of benzene rings is 1. The summed E-state index contributed by atoms with van der Waals surface area (Å²) < 4.78 is 1.05. The fourth-order valence-electron chi connectivity index (χ4n) is 1.77. The van der Waals surface area contributed by atoms with Crippen LogP contribution in [-0.4, -0.2) is 24.0 Å². The number of carbonyl (C=O) groups excluding carboxylic acids is 1. The van der Waals surface area contributed by atoms with Gasteiger partial charge in [0.1, 0.15) is 0 Å². The SMILES string of the molecule is CCN1CC(c2cccc(Br)c2)NC1=O. The first-order valence-electron chi connectivity index (χ1n) is 5.01. The van der Waals surface area contributed by atoms with Crippen molar-refractivity contribution in [3.63, 3.8) is 0 Å². The van der Waals surface area contributed by atoms with Crippen molar-refractivity contribution in [1.82, 2.24) is 10.2 Å². The van der Waals surface area contributed by atoms with Crippen LogP contribution in [0, 0.1) is 0 Å². The van der Waals surface area contributed by atoms with Crippen LogP contribution in [-0.2, 0) is 0 Å². The molecule has 1 aromatic carbocycles. The Balaban J connectivity index is 2.17. The van der Waals surface area contributed by atoms with Crippen LogP contribution in [0.1, 0.15) is 18.5 Å². The van der Waals surface area contributed by atoms with Gasteiger partial charge in [0.2, 0.25) is 0 Å². The molecule has 1 aromatic rings. The van der Waals surface area contributed by atoms with Crippen molar-refractivity contribution in [1.29, 1.82) is 0 Å². The topological polar surface area (TPSA) is 32.3 Å².